The molecule has 0 aliphatic rings. The lowest BCUT2D eigenvalue weighted by atomic mass is 9.96. The minimum absolute atomic E-state index is 0.242. The molecule has 164 valence electrons. The molecule has 0 radical (unpaired) electrons. The fraction of sp³-hybridized carbons (Fsp3) is 0.360. The van der Waals surface area contributed by atoms with Crippen LogP contribution in [0.3, 0.4) is 0 Å². The minimum Gasteiger partial charge on any atom is -0.464 e. The Labute approximate surface area is 190 Å². The zero-order valence-electron chi connectivity index (χ0n) is 18.2. The first-order valence-corrected chi connectivity index (χ1v) is 13.1. The van der Waals surface area contributed by atoms with Crippen LogP contribution >= 0.6 is 20.3 Å². The van der Waals surface area contributed by atoms with E-state index in [1.165, 1.54) is 5.56 Å². The lowest BCUT2D eigenvalue weighted by Crippen LogP contribution is -2.46. The summed E-state index contributed by atoms with van der Waals surface area (Å²) in [7, 11) is 0.558. The summed E-state index contributed by atoms with van der Waals surface area (Å²) in [4.78, 5) is 17.7. The molecule has 2 aromatic carbocycles. The van der Waals surface area contributed by atoms with Gasteiger partial charge in [-0.1, -0.05) is 54.6 Å². The Morgan fingerprint density at radius 2 is 1.77 bits per heavy atom. The van der Waals surface area contributed by atoms with E-state index >= 15 is 0 Å². The van der Waals surface area contributed by atoms with Crippen molar-refractivity contribution in [2.45, 2.75) is 37.3 Å². The predicted molar refractivity (Wildman–Crippen MR) is 131 cm³/mol. The van der Waals surface area contributed by atoms with Crippen LogP contribution in [0.1, 0.15) is 25.8 Å². The molecule has 0 N–H and O–H groups in total. The molecule has 31 heavy (non-hydrogen) atoms. The van der Waals surface area contributed by atoms with Crippen LogP contribution in [0, 0.1) is 0 Å². The van der Waals surface area contributed by atoms with Crippen molar-refractivity contribution < 1.29 is 14.3 Å². The van der Waals surface area contributed by atoms with Gasteiger partial charge in [-0.15, -0.1) is 20.3 Å². The molecule has 0 bridgehead atoms. The summed E-state index contributed by atoms with van der Waals surface area (Å²) in [6.07, 6.45) is 2.06. The maximum Gasteiger partial charge on any atom is 0.338 e. The fourth-order valence-electron chi connectivity index (χ4n) is 3.48. The molecule has 3 rings (SSSR count). The number of nitrogens with zero attached hydrogens (tertiary/aromatic N) is 1. The van der Waals surface area contributed by atoms with Gasteiger partial charge in [0, 0.05) is 23.6 Å². The average Bonchev–Trinajstić information content (AvgIpc) is 2.81. The maximum absolute atomic E-state index is 12.9. The zero-order valence-corrected chi connectivity index (χ0v) is 20.0. The van der Waals surface area contributed by atoms with Crippen LogP contribution in [-0.4, -0.2) is 41.4 Å². The Bertz CT molecular complexity index is 969. The topological polar surface area (TPSA) is 48.4 Å². The predicted octanol–water partition coefficient (Wildman–Crippen LogP) is 5.93. The Morgan fingerprint density at radius 1 is 1.00 bits per heavy atom. The van der Waals surface area contributed by atoms with E-state index < -0.39 is 5.60 Å². The maximum atomic E-state index is 12.9. The number of benzene rings is 2. The van der Waals surface area contributed by atoms with Crippen LogP contribution in [0.15, 0.2) is 71.8 Å². The highest BCUT2D eigenvalue weighted by Gasteiger charge is 2.40. The van der Waals surface area contributed by atoms with E-state index in [-0.39, 0.29) is 5.97 Å². The number of carbonyl (C=O) groups is 1. The molecule has 3 aromatic rings. The van der Waals surface area contributed by atoms with E-state index in [1.807, 2.05) is 50.2 Å². The van der Waals surface area contributed by atoms with Crippen molar-refractivity contribution in [3.63, 3.8) is 0 Å². The van der Waals surface area contributed by atoms with Crippen LogP contribution in [0.2, 0.25) is 0 Å². The first kappa shape index (κ1) is 23.7. The molecule has 6 heteroatoms. The van der Waals surface area contributed by atoms with Gasteiger partial charge in [-0.2, -0.15) is 0 Å². The standard InChI is InChI=1S/C25H30NO3PS/c1-3-28-24(27)25(29-4-2,17-16-20-10-6-5-7-11-20)18-30-19-31-23-15-14-21-12-8-9-13-22(21)26-23/h5-15,30H,3-4,16-19H2,1-2H3. The molecule has 4 nitrogen and oxygen atoms in total. The fourth-order valence-corrected chi connectivity index (χ4v) is 6.04. The highest BCUT2D eigenvalue weighted by atomic mass is 32.2. The van der Waals surface area contributed by atoms with Gasteiger partial charge < -0.3 is 9.47 Å². The number of aryl methyl sites for hydroxylation is 1. The summed E-state index contributed by atoms with van der Waals surface area (Å²) in [5.74, 6) is -0.242. The Balaban J connectivity index is 1.63. The average molecular weight is 456 g/mol. The van der Waals surface area contributed by atoms with Crippen molar-refractivity contribution >= 4 is 37.2 Å². The van der Waals surface area contributed by atoms with Crippen LogP contribution in [0.4, 0.5) is 0 Å². The van der Waals surface area contributed by atoms with E-state index in [9.17, 15) is 4.79 Å². The molecule has 2 unspecified atom stereocenters. The van der Waals surface area contributed by atoms with E-state index in [2.05, 4.69) is 30.3 Å². The lowest BCUT2D eigenvalue weighted by molar-refractivity contribution is -0.169. The highest BCUT2D eigenvalue weighted by Crippen LogP contribution is 2.33. The summed E-state index contributed by atoms with van der Waals surface area (Å²) in [5, 5.41) is 2.15. The summed E-state index contributed by atoms with van der Waals surface area (Å²) in [6, 6.07) is 22.5. The minimum atomic E-state index is -0.892. The Morgan fingerprint density at radius 3 is 2.55 bits per heavy atom. The van der Waals surface area contributed by atoms with Crippen molar-refractivity contribution in [3.8, 4) is 0 Å². The number of fused-ring (bicyclic) bond motifs is 1. The van der Waals surface area contributed by atoms with Gasteiger partial charge in [-0.25, -0.2) is 9.78 Å². The molecule has 0 saturated heterocycles. The molecule has 2 atom stereocenters. The van der Waals surface area contributed by atoms with Crippen molar-refractivity contribution in [1.29, 1.82) is 0 Å². The van der Waals surface area contributed by atoms with Gasteiger partial charge in [0.15, 0.2) is 5.60 Å². The Kier molecular flexibility index (Phi) is 9.32. The summed E-state index contributed by atoms with van der Waals surface area (Å²) >= 11 is 1.73. The SMILES string of the molecule is CCOC(=O)C(CCc1ccccc1)(CPCSc1ccc2ccccc2n1)OCC. The number of esters is 1. The molecule has 1 heterocycles. The van der Waals surface area contributed by atoms with Crippen molar-refractivity contribution in [1.82, 2.24) is 4.98 Å². The van der Waals surface area contributed by atoms with Crippen molar-refractivity contribution in [2.75, 3.05) is 24.9 Å². The van der Waals surface area contributed by atoms with Crippen LogP contribution in [-0.2, 0) is 20.7 Å². The van der Waals surface area contributed by atoms with E-state index in [4.69, 9.17) is 14.5 Å². The first-order chi connectivity index (χ1) is 15.2. The number of pyridine rings is 1. The van der Waals surface area contributed by atoms with Crippen molar-refractivity contribution in [2.24, 2.45) is 0 Å². The first-order valence-electron chi connectivity index (χ1n) is 10.7. The smallest absolute Gasteiger partial charge is 0.338 e. The van der Waals surface area contributed by atoms with Crippen LogP contribution in [0.25, 0.3) is 10.9 Å². The highest BCUT2D eigenvalue weighted by molar-refractivity contribution is 8.03. The van der Waals surface area contributed by atoms with Gasteiger partial charge in [0.1, 0.15) is 0 Å². The van der Waals surface area contributed by atoms with Gasteiger partial charge in [0.25, 0.3) is 0 Å². The number of aromatic nitrogens is 1. The quantitative estimate of drug-likeness (QED) is 0.147. The number of thioether (sulfide) groups is 1. The van der Waals surface area contributed by atoms with Gasteiger partial charge >= 0.3 is 5.97 Å². The zero-order chi connectivity index (χ0) is 21.9. The second-order valence-corrected chi connectivity index (χ2v) is 9.91. The third-order valence-corrected chi connectivity index (χ3v) is 7.77. The van der Waals surface area contributed by atoms with Gasteiger partial charge in [-0.05, 0) is 44.4 Å². The molecule has 0 amide bonds. The Hall–Kier alpha value is -1.94. The third-order valence-electron chi connectivity index (χ3n) is 5.03. The molecular formula is C25H30NO3PS. The summed E-state index contributed by atoms with van der Waals surface area (Å²) in [5.41, 5.74) is 2.21. The van der Waals surface area contributed by atoms with E-state index in [1.54, 1.807) is 11.8 Å². The van der Waals surface area contributed by atoms with E-state index in [0.29, 0.717) is 34.4 Å². The lowest BCUT2D eigenvalue weighted by Gasteiger charge is -2.31. The van der Waals surface area contributed by atoms with E-state index in [0.717, 1.165) is 27.8 Å². The molecule has 0 aliphatic heterocycles. The van der Waals surface area contributed by atoms with Gasteiger partial charge in [-0.3, -0.25) is 0 Å². The number of para-hydroxylation sites is 1. The number of carbonyl (C=O) groups excluding carboxylic acids is 1. The van der Waals surface area contributed by atoms with Gasteiger partial charge in [0.2, 0.25) is 0 Å². The third kappa shape index (κ3) is 6.77. The van der Waals surface area contributed by atoms with Crippen molar-refractivity contribution in [3.05, 3.63) is 72.3 Å². The molecule has 0 aliphatic carbocycles. The second kappa shape index (κ2) is 12.2. The molecule has 0 fully saturated rings. The normalized spacial score (nSPS) is 13.5. The molecule has 0 spiro atoms. The molecule has 0 saturated carbocycles. The van der Waals surface area contributed by atoms with Crippen LogP contribution in [0.5, 0.6) is 0 Å². The number of rotatable bonds is 12. The summed E-state index contributed by atoms with van der Waals surface area (Å²) < 4.78 is 11.5. The number of hydrogen-bond acceptors (Lipinski definition) is 5. The molecule has 1 aromatic heterocycles. The van der Waals surface area contributed by atoms with Crippen LogP contribution < -0.4 is 0 Å². The molecular weight excluding hydrogens is 425 g/mol. The largest absolute Gasteiger partial charge is 0.464 e. The number of ether oxygens (including phenoxy) is 2. The second-order valence-electron chi connectivity index (χ2n) is 7.19. The summed E-state index contributed by atoms with van der Waals surface area (Å²) in [6.45, 7) is 4.62. The van der Waals surface area contributed by atoms with Gasteiger partial charge in [0.05, 0.1) is 17.1 Å². The monoisotopic (exact) mass is 455 g/mol. The number of hydrogen-bond donors (Lipinski definition) is 0.